The number of carboxylic acid groups (broad SMARTS) is 2. The number of anilines is 1. The third-order valence-electron chi connectivity index (χ3n) is 4.46. The molecule has 1 aromatic carbocycles. The van der Waals surface area contributed by atoms with E-state index in [1.807, 2.05) is 0 Å². The molecule has 0 amide bonds. The highest BCUT2D eigenvalue weighted by atomic mass is 16.4. The standard InChI is InChI=1S/C15H17N3.C4H4O4/c1-2-5-13-12(4-1)11-17-8-3-6-14(17)15-10-16-7-9-18(13)15;5-3(6)1-2-4(7)8/h1-6,8,15-16H,7,9-11H2;1-2H,(H,5,6)(H,7,8). The summed E-state index contributed by atoms with van der Waals surface area (Å²) in [6, 6.07) is 13.7. The predicted octanol–water partition coefficient (Wildman–Crippen LogP) is 1.71. The van der Waals surface area contributed by atoms with Crippen LogP contribution in [0, 0.1) is 0 Å². The van der Waals surface area contributed by atoms with Crippen LogP contribution in [0.3, 0.4) is 0 Å². The number of aromatic nitrogens is 1. The molecular weight excluding hydrogens is 334 g/mol. The van der Waals surface area contributed by atoms with Crippen LogP contribution < -0.4 is 10.2 Å². The Kier molecular flexibility index (Phi) is 5.38. The summed E-state index contributed by atoms with van der Waals surface area (Å²) in [6.07, 6.45) is 3.31. The van der Waals surface area contributed by atoms with Crippen molar-refractivity contribution in [2.24, 2.45) is 0 Å². The molecule has 26 heavy (non-hydrogen) atoms. The molecule has 2 aromatic rings. The Morgan fingerprint density at radius 3 is 2.54 bits per heavy atom. The number of piperazine rings is 1. The van der Waals surface area contributed by atoms with E-state index in [-0.39, 0.29) is 0 Å². The van der Waals surface area contributed by atoms with E-state index >= 15 is 0 Å². The van der Waals surface area contributed by atoms with Gasteiger partial charge >= 0.3 is 11.9 Å². The molecule has 136 valence electrons. The highest BCUT2D eigenvalue weighted by molar-refractivity contribution is 5.89. The minimum absolute atomic E-state index is 0.470. The maximum absolute atomic E-state index is 9.55. The molecule has 7 heteroatoms. The van der Waals surface area contributed by atoms with E-state index in [9.17, 15) is 9.59 Å². The number of nitrogens with zero attached hydrogens (tertiary/aromatic N) is 2. The molecule has 1 saturated heterocycles. The average molecular weight is 355 g/mol. The summed E-state index contributed by atoms with van der Waals surface area (Å²) in [5.41, 5.74) is 4.27. The number of fused-ring (bicyclic) bond motifs is 5. The highest BCUT2D eigenvalue weighted by Crippen LogP contribution is 2.34. The van der Waals surface area contributed by atoms with Gasteiger partial charge in [0.1, 0.15) is 0 Å². The van der Waals surface area contributed by atoms with Gasteiger partial charge in [-0.05, 0) is 23.8 Å². The molecule has 2 aliphatic rings. The summed E-state index contributed by atoms with van der Waals surface area (Å²) in [4.78, 5) is 21.7. The zero-order valence-corrected chi connectivity index (χ0v) is 14.2. The van der Waals surface area contributed by atoms with Gasteiger partial charge in [-0.3, -0.25) is 0 Å². The molecule has 3 heterocycles. The third-order valence-corrected chi connectivity index (χ3v) is 4.46. The summed E-state index contributed by atoms with van der Waals surface area (Å²) in [7, 11) is 0. The fourth-order valence-electron chi connectivity index (χ4n) is 3.38. The number of benzene rings is 1. The van der Waals surface area contributed by atoms with Gasteiger partial charge in [0.2, 0.25) is 0 Å². The molecule has 7 nitrogen and oxygen atoms in total. The first-order valence-electron chi connectivity index (χ1n) is 8.40. The lowest BCUT2D eigenvalue weighted by Crippen LogP contribution is -2.46. The number of para-hydroxylation sites is 1. The van der Waals surface area contributed by atoms with Crippen molar-refractivity contribution >= 4 is 17.6 Å². The lowest BCUT2D eigenvalue weighted by Gasteiger charge is -2.37. The topological polar surface area (TPSA) is 94.8 Å². The largest absolute Gasteiger partial charge is 0.478 e. The van der Waals surface area contributed by atoms with Crippen LogP contribution in [-0.2, 0) is 16.1 Å². The Hall–Kier alpha value is -3.06. The molecule has 4 rings (SSSR count). The van der Waals surface area contributed by atoms with Crippen LogP contribution in [0.1, 0.15) is 17.3 Å². The van der Waals surface area contributed by atoms with Crippen molar-refractivity contribution in [2.75, 3.05) is 24.5 Å². The molecule has 1 fully saturated rings. The summed E-state index contributed by atoms with van der Waals surface area (Å²) >= 11 is 0. The van der Waals surface area contributed by atoms with Gasteiger partial charge in [0.05, 0.1) is 6.04 Å². The van der Waals surface area contributed by atoms with Gasteiger partial charge in [-0.25, -0.2) is 9.59 Å². The fraction of sp³-hybridized carbons (Fsp3) is 0.263. The quantitative estimate of drug-likeness (QED) is 0.710. The van der Waals surface area contributed by atoms with E-state index in [2.05, 4.69) is 57.4 Å². The van der Waals surface area contributed by atoms with E-state index in [0.717, 1.165) is 26.2 Å². The normalized spacial score (nSPS) is 18.0. The zero-order valence-electron chi connectivity index (χ0n) is 14.2. The zero-order chi connectivity index (χ0) is 18.5. The van der Waals surface area contributed by atoms with Crippen molar-refractivity contribution in [1.29, 1.82) is 0 Å². The average Bonchev–Trinajstić information content (AvgIpc) is 3.04. The number of aliphatic carboxylic acids is 2. The first kappa shape index (κ1) is 17.8. The van der Waals surface area contributed by atoms with E-state index in [4.69, 9.17) is 10.2 Å². The molecule has 1 aromatic heterocycles. The van der Waals surface area contributed by atoms with Gasteiger partial charge in [-0.1, -0.05) is 18.2 Å². The molecule has 0 spiro atoms. The lowest BCUT2D eigenvalue weighted by molar-refractivity contribution is -0.134. The van der Waals surface area contributed by atoms with Crippen molar-refractivity contribution in [3.05, 3.63) is 66.0 Å². The second-order valence-electron chi connectivity index (χ2n) is 6.11. The SMILES string of the molecule is O=C(O)C=CC(=O)O.c1ccc2c(c1)Cn1cccc1C1CNCCN21. The number of hydrogen-bond acceptors (Lipinski definition) is 4. The number of rotatable bonds is 2. The predicted molar refractivity (Wildman–Crippen MR) is 97.3 cm³/mol. The Morgan fingerprint density at radius 2 is 1.81 bits per heavy atom. The maximum atomic E-state index is 9.55. The second kappa shape index (κ2) is 7.88. The number of carboxylic acids is 2. The molecule has 1 unspecified atom stereocenters. The number of hydrogen-bond donors (Lipinski definition) is 3. The lowest BCUT2D eigenvalue weighted by atomic mass is 10.1. The molecule has 0 saturated carbocycles. The van der Waals surface area contributed by atoms with E-state index in [1.165, 1.54) is 16.9 Å². The minimum Gasteiger partial charge on any atom is -0.478 e. The van der Waals surface area contributed by atoms with Gasteiger partial charge in [-0.15, -0.1) is 0 Å². The van der Waals surface area contributed by atoms with Crippen LogP contribution in [0.15, 0.2) is 54.7 Å². The van der Waals surface area contributed by atoms with Crippen LogP contribution in [0.5, 0.6) is 0 Å². The Bertz CT molecular complexity index is 812. The van der Waals surface area contributed by atoms with Crippen LogP contribution in [0.2, 0.25) is 0 Å². The second-order valence-corrected chi connectivity index (χ2v) is 6.11. The first-order chi connectivity index (χ1) is 12.6. The summed E-state index contributed by atoms with van der Waals surface area (Å²) in [6.45, 7) is 4.20. The van der Waals surface area contributed by atoms with Crippen LogP contribution in [0.25, 0.3) is 0 Å². The number of carbonyl (C=O) groups is 2. The van der Waals surface area contributed by atoms with Crippen LogP contribution >= 0.6 is 0 Å². The molecule has 0 aliphatic carbocycles. The molecule has 0 bridgehead atoms. The Labute approximate surface area is 151 Å². The molecular formula is C19H21N3O4. The van der Waals surface area contributed by atoms with Crippen LogP contribution in [-0.4, -0.2) is 46.4 Å². The highest BCUT2D eigenvalue weighted by Gasteiger charge is 2.29. The Balaban J connectivity index is 0.000000211. The molecule has 0 radical (unpaired) electrons. The van der Waals surface area contributed by atoms with Crippen molar-refractivity contribution < 1.29 is 19.8 Å². The first-order valence-corrected chi connectivity index (χ1v) is 8.40. The minimum atomic E-state index is -1.26. The van der Waals surface area contributed by atoms with Gasteiger partial charge in [0.15, 0.2) is 0 Å². The summed E-state index contributed by atoms with van der Waals surface area (Å²) in [5, 5.41) is 19.1. The van der Waals surface area contributed by atoms with Crippen molar-refractivity contribution in [2.45, 2.75) is 12.6 Å². The summed E-state index contributed by atoms with van der Waals surface area (Å²) < 4.78 is 2.39. The monoisotopic (exact) mass is 355 g/mol. The maximum Gasteiger partial charge on any atom is 0.328 e. The number of nitrogens with one attached hydrogen (secondary N) is 1. The van der Waals surface area contributed by atoms with Crippen molar-refractivity contribution in [1.82, 2.24) is 9.88 Å². The summed E-state index contributed by atoms with van der Waals surface area (Å²) in [5.74, 6) is -2.51. The van der Waals surface area contributed by atoms with E-state index in [1.54, 1.807) is 0 Å². The van der Waals surface area contributed by atoms with Gasteiger partial charge in [0.25, 0.3) is 0 Å². The molecule has 2 aliphatic heterocycles. The molecule has 1 atom stereocenters. The van der Waals surface area contributed by atoms with E-state index < -0.39 is 11.9 Å². The fourth-order valence-corrected chi connectivity index (χ4v) is 3.38. The van der Waals surface area contributed by atoms with Gasteiger partial charge in [-0.2, -0.15) is 0 Å². The van der Waals surface area contributed by atoms with Crippen molar-refractivity contribution in [3.63, 3.8) is 0 Å². The Morgan fingerprint density at radius 1 is 1.08 bits per heavy atom. The van der Waals surface area contributed by atoms with Gasteiger partial charge in [0, 0.05) is 55.9 Å². The van der Waals surface area contributed by atoms with E-state index in [0.29, 0.717) is 18.2 Å². The van der Waals surface area contributed by atoms with Crippen LogP contribution in [0.4, 0.5) is 5.69 Å². The third kappa shape index (κ3) is 3.94. The molecule has 3 N–H and O–H groups in total. The van der Waals surface area contributed by atoms with Gasteiger partial charge < -0.3 is 25.0 Å². The smallest absolute Gasteiger partial charge is 0.328 e. The van der Waals surface area contributed by atoms with Crippen molar-refractivity contribution in [3.8, 4) is 0 Å².